The van der Waals surface area contributed by atoms with Crippen molar-refractivity contribution in [3.8, 4) is 5.75 Å². The van der Waals surface area contributed by atoms with Gasteiger partial charge in [-0.1, -0.05) is 36.9 Å². The van der Waals surface area contributed by atoms with Crippen LogP contribution in [0.3, 0.4) is 0 Å². The number of primary amides is 1. The van der Waals surface area contributed by atoms with Crippen LogP contribution in [0.1, 0.15) is 29.9 Å². The number of hydrogen-bond donors (Lipinski definition) is 8. The van der Waals surface area contributed by atoms with Gasteiger partial charge in [-0.3, -0.25) is 24.0 Å². The van der Waals surface area contributed by atoms with Crippen molar-refractivity contribution in [3.63, 3.8) is 0 Å². The minimum Gasteiger partial charge on any atom is -0.508 e. The summed E-state index contributed by atoms with van der Waals surface area (Å²) < 4.78 is 5.41. The molecule has 2 heterocycles. The number of phenolic OH excluding ortho intramolecular Hbond substituents is 1. The van der Waals surface area contributed by atoms with Crippen LogP contribution in [0.4, 0.5) is 0 Å². The quantitative estimate of drug-likeness (QED) is 0.0852. The van der Waals surface area contributed by atoms with Crippen LogP contribution in [0.2, 0.25) is 0 Å². The molecule has 4 atom stereocenters. The van der Waals surface area contributed by atoms with Gasteiger partial charge in [0.1, 0.15) is 29.6 Å². The van der Waals surface area contributed by atoms with E-state index < -0.39 is 53.7 Å². The zero-order valence-corrected chi connectivity index (χ0v) is 25.6. The number of hydrogen-bond acceptors (Lipinski definition) is 8. The van der Waals surface area contributed by atoms with Crippen LogP contribution in [0.15, 0.2) is 89.7 Å². The van der Waals surface area contributed by atoms with Crippen LogP contribution in [0, 0.1) is 0 Å². The third-order valence-electron chi connectivity index (χ3n) is 7.43. The smallest absolute Gasteiger partial charge is 0.246 e. The zero-order valence-electron chi connectivity index (χ0n) is 25.6. The summed E-state index contributed by atoms with van der Waals surface area (Å²) in [5.41, 5.74) is 13.6. The van der Waals surface area contributed by atoms with E-state index in [0.717, 1.165) is 10.9 Å². The first-order chi connectivity index (χ1) is 22.4. The highest BCUT2D eigenvalue weighted by Crippen LogP contribution is 2.23. The van der Waals surface area contributed by atoms with E-state index in [1.54, 1.807) is 24.4 Å². The van der Waals surface area contributed by atoms with Crippen LogP contribution < -0.4 is 32.7 Å². The van der Waals surface area contributed by atoms with Crippen molar-refractivity contribution in [1.29, 1.82) is 0 Å². The van der Waals surface area contributed by atoms with Crippen molar-refractivity contribution in [2.45, 2.75) is 43.9 Å². The van der Waals surface area contributed by atoms with E-state index in [-0.39, 0.29) is 36.5 Å². The average Bonchev–Trinajstić information content (AvgIpc) is 3.72. The fraction of sp³-hybridized carbons (Fsp3) is 0.242. The molecule has 2 aromatic carbocycles. The van der Waals surface area contributed by atoms with Crippen LogP contribution in [-0.2, 0) is 36.8 Å². The van der Waals surface area contributed by atoms with Crippen LogP contribution in [0.25, 0.3) is 10.9 Å². The highest BCUT2D eigenvalue weighted by atomic mass is 16.3. The van der Waals surface area contributed by atoms with Gasteiger partial charge in [0, 0.05) is 42.6 Å². The highest BCUT2D eigenvalue weighted by Gasteiger charge is 2.32. The molecule has 0 spiro atoms. The molecule has 47 heavy (non-hydrogen) atoms. The number of furan rings is 1. The van der Waals surface area contributed by atoms with Crippen LogP contribution >= 0.6 is 0 Å². The Balaban J connectivity index is 1.58. The normalized spacial score (nSPS) is 13.5. The van der Waals surface area contributed by atoms with E-state index in [4.69, 9.17) is 15.9 Å². The number of phenols is 1. The number of carbonyl (C=O) groups is 5. The SMILES string of the molecule is C=C(C(N)=O)[C@@H](NC(=O)[C@H](Cc1c[nH]c2ccccc12)NC(=O)[C@@H](CNC(C)=O)NC(=O)[C@@H](N)Cc1ccc(O)cc1)c1ccco1. The van der Waals surface area contributed by atoms with Crippen LogP contribution in [-0.4, -0.2) is 64.3 Å². The molecule has 0 aliphatic rings. The predicted molar refractivity (Wildman–Crippen MR) is 172 cm³/mol. The fourth-order valence-electron chi connectivity index (χ4n) is 4.89. The molecule has 14 heteroatoms. The third kappa shape index (κ3) is 9.08. The maximum atomic E-state index is 13.9. The second kappa shape index (κ2) is 15.4. The first-order valence-corrected chi connectivity index (χ1v) is 14.7. The number of carbonyl (C=O) groups excluding carboxylic acids is 5. The third-order valence-corrected chi connectivity index (χ3v) is 7.43. The Bertz CT molecular complexity index is 1750. The Morgan fingerprint density at radius 2 is 1.57 bits per heavy atom. The van der Waals surface area contributed by atoms with E-state index in [2.05, 4.69) is 32.8 Å². The fourth-order valence-corrected chi connectivity index (χ4v) is 4.89. The number of amides is 5. The molecule has 0 aliphatic heterocycles. The number of para-hydroxylation sites is 1. The maximum absolute atomic E-state index is 13.9. The number of H-pyrrole nitrogens is 1. The van der Waals surface area contributed by atoms with Crippen LogP contribution in [0.5, 0.6) is 5.75 Å². The van der Waals surface area contributed by atoms with Crippen molar-refractivity contribution in [2.24, 2.45) is 11.5 Å². The molecule has 246 valence electrons. The monoisotopic (exact) mass is 643 g/mol. The molecule has 0 saturated carbocycles. The Morgan fingerprint density at radius 3 is 2.23 bits per heavy atom. The molecule has 0 fully saturated rings. The molecule has 10 N–H and O–H groups in total. The number of benzene rings is 2. The second-order valence-corrected chi connectivity index (χ2v) is 10.9. The largest absolute Gasteiger partial charge is 0.508 e. The molecule has 0 unspecified atom stereocenters. The van der Waals surface area contributed by atoms with Crippen molar-refractivity contribution in [2.75, 3.05) is 6.54 Å². The lowest BCUT2D eigenvalue weighted by Crippen LogP contribution is -2.59. The van der Waals surface area contributed by atoms with E-state index in [1.807, 2.05) is 24.3 Å². The Hall–Kier alpha value is -5.89. The molecule has 0 radical (unpaired) electrons. The second-order valence-electron chi connectivity index (χ2n) is 10.9. The lowest BCUT2D eigenvalue weighted by Gasteiger charge is -2.26. The molecule has 0 bridgehead atoms. The number of fused-ring (bicyclic) bond motifs is 1. The van der Waals surface area contributed by atoms with Crippen molar-refractivity contribution in [1.82, 2.24) is 26.3 Å². The minimum absolute atomic E-state index is 0.00329. The summed E-state index contributed by atoms with van der Waals surface area (Å²) in [5.74, 6) is -3.25. The molecule has 5 amide bonds. The Morgan fingerprint density at radius 1 is 0.894 bits per heavy atom. The van der Waals surface area contributed by atoms with Crippen molar-refractivity contribution < 1.29 is 33.5 Å². The average molecular weight is 644 g/mol. The lowest BCUT2D eigenvalue weighted by atomic mass is 10.0. The van der Waals surface area contributed by atoms with E-state index in [9.17, 15) is 29.1 Å². The summed E-state index contributed by atoms with van der Waals surface area (Å²) in [4.78, 5) is 67.6. The van der Waals surface area contributed by atoms with Crippen molar-refractivity contribution in [3.05, 3.63) is 102 Å². The molecule has 4 rings (SSSR count). The number of nitrogens with two attached hydrogens (primary N) is 2. The molecule has 0 aliphatic carbocycles. The van der Waals surface area contributed by atoms with Crippen molar-refractivity contribution >= 4 is 40.4 Å². The molecule has 14 nitrogen and oxygen atoms in total. The van der Waals surface area contributed by atoms with Gasteiger partial charge in [-0.05, 0) is 47.9 Å². The Kier molecular flexibility index (Phi) is 11.1. The summed E-state index contributed by atoms with van der Waals surface area (Å²) >= 11 is 0. The summed E-state index contributed by atoms with van der Waals surface area (Å²) in [6.07, 6.45) is 3.17. The molecule has 0 saturated heterocycles. The van der Waals surface area contributed by atoms with E-state index in [0.29, 0.717) is 11.1 Å². The number of aromatic hydroxyl groups is 1. The number of aromatic amines is 1. The number of rotatable bonds is 15. The van der Waals surface area contributed by atoms with Gasteiger partial charge in [0.25, 0.3) is 0 Å². The number of aromatic nitrogens is 1. The standard InChI is InChI=1S/C33H37N7O7/c1-18(30(35)43)29(28-8-5-13-47-28)40-32(45)26(15-21-16-37-25-7-4-3-6-23(21)25)38-33(46)27(17-36-19(2)41)39-31(44)24(34)14-20-9-11-22(42)12-10-20/h3-13,16,24,26-27,29,37,42H,1,14-15,17,34H2,2H3,(H2,35,43)(H,36,41)(H,38,46)(H,39,44)(H,40,45)/t24-,26-,27+,29+/m0/s1. The summed E-state index contributed by atoms with van der Waals surface area (Å²) in [7, 11) is 0. The number of nitrogens with one attached hydrogen (secondary N) is 5. The summed E-state index contributed by atoms with van der Waals surface area (Å²) in [6, 6.07) is 11.9. The van der Waals surface area contributed by atoms with Gasteiger partial charge < -0.3 is 47.2 Å². The van der Waals surface area contributed by atoms with Gasteiger partial charge in [0.2, 0.25) is 29.5 Å². The minimum atomic E-state index is -1.32. The summed E-state index contributed by atoms with van der Waals surface area (Å²) in [5, 5.41) is 20.8. The van der Waals surface area contributed by atoms with Gasteiger partial charge in [-0.25, -0.2) is 0 Å². The first kappa shape index (κ1) is 34.0. The topological polar surface area (TPSA) is 235 Å². The van der Waals surface area contributed by atoms with Gasteiger partial charge in [-0.15, -0.1) is 0 Å². The molecular weight excluding hydrogens is 606 g/mol. The maximum Gasteiger partial charge on any atom is 0.246 e. The van der Waals surface area contributed by atoms with Gasteiger partial charge in [0.15, 0.2) is 0 Å². The first-order valence-electron chi connectivity index (χ1n) is 14.7. The highest BCUT2D eigenvalue weighted by molar-refractivity contribution is 5.96. The van der Waals surface area contributed by atoms with E-state index >= 15 is 0 Å². The zero-order chi connectivity index (χ0) is 34.1. The van der Waals surface area contributed by atoms with E-state index in [1.165, 1.54) is 31.4 Å². The molecule has 2 aromatic heterocycles. The Labute approximate surface area is 269 Å². The van der Waals surface area contributed by atoms with Gasteiger partial charge >= 0.3 is 0 Å². The summed E-state index contributed by atoms with van der Waals surface area (Å²) in [6.45, 7) is 4.65. The predicted octanol–water partition coefficient (Wildman–Crippen LogP) is 0.584. The molecular formula is C33H37N7O7. The van der Waals surface area contributed by atoms with Gasteiger partial charge in [-0.2, -0.15) is 0 Å². The lowest BCUT2D eigenvalue weighted by molar-refractivity contribution is -0.133. The molecule has 4 aromatic rings. The van der Waals surface area contributed by atoms with Gasteiger partial charge in [0.05, 0.1) is 12.3 Å².